The first-order valence-electron chi connectivity index (χ1n) is 9.94. The molecular formula is C20H22N6O4. The molecule has 1 aromatic heterocycles. The van der Waals surface area contributed by atoms with E-state index in [-0.39, 0.29) is 23.4 Å². The number of nitro groups is 1. The Hall–Kier alpha value is -3.40. The molecule has 3 heterocycles. The zero-order valence-electron chi connectivity index (χ0n) is 16.4. The van der Waals surface area contributed by atoms with Crippen LogP contribution in [-0.2, 0) is 0 Å². The van der Waals surface area contributed by atoms with Crippen molar-refractivity contribution >= 4 is 23.5 Å². The van der Waals surface area contributed by atoms with Gasteiger partial charge in [-0.3, -0.25) is 29.5 Å². The standard InChI is InChI=1S/C20H22N6O4/c27-18-15-5-3-6-16(26(29)30)17(15)19(28)25(18)10-2-1-9-23-11-13-24(14-12-23)20-21-7-4-8-22-20/h3-8H,1-2,9-14H2. The summed E-state index contributed by atoms with van der Waals surface area (Å²) in [5, 5.41) is 11.2. The lowest BCUT2D eigenvalue weighted by atomic mass is 10.1. The van der Waals surface area contributed by atoms with Crippen LogP contribution in [0.15, 0.2) is 36.7 Å². The SMILES string of the molecule is O=C1c2cccc([N+](=O)[O-])c2C(=O)N1CCCCN1CCN(c2ncccn2)CC1. The molecule has 0 atom stereocenters. The molecule has 2 amide bonds. The highest BCUT2D eigenvalue weighted by Crippen LogP contribution is 2.30. The minimum absolute atomic E-state index is 0.0910. The fourth-order valence-electron chi connectivity index (χ4n) is 3.90. The Kier molecular flexibility index (Phi) is 5.66. The summed E-state index contributed by atoms with van der Waals surface area (Å²) in [6.45, 7) is 4.64. The van der Waals surface area contributed by atoms with Gasteiger partial charge in [-0.25, -0.2) is 9.97 Å². The van der Waals surface area contributed by atoms with Gasteiger partial charge in [-0.05, 0) is 31.5 Å². The normalized spacial score (nSPS) is 16.8. The Balaban J connectivity index is 1.25. The van der Waals surface area contributed by atoms with Gasteiger partial charge in [0.2, 0.25) is 5.95 Å². The molecule has 30 heavy (non-hydrogen) atoms. The van der Waals surface area contributed by atoms with E-state index >= 15 is 0 Å². The molecule has 0 unspecified atom stereocenters. The van der Waals surface area contributed by atoms with Gasteiger partial charge in [0.15, 0.2) is 0 Å². The summed E-state index contributed by atoms with van der Waals surface area (Å²) in [5.74, 6) is -0.272. The minimum Gasteiger partial charge on any atom is -0.338 e. The highest BCUT2D eigenvalue weighted by atomic mass is 16.6. The number of hydrogen-bond donors (Lipinski definition) is 0. The summed E-state index contributed by atoms with van der Waals surface area (Å²) in [5.41, 5.74) is -0.283. The minimum atomic E-state index is -0.617. The van der Waals surface area contributed by atoms with E-state index in [4.69, 9.17) is 0 Å². The summed E-state index contributed by atoms with van der Waals surface area (Å²) in [7, 11) is 0. The number of nitro benzene ring substituents is 1. The van der Waals surface area contributed by atoms with Crippen LogP contribution >= 0.6 is 0 Å². The lowest BCUT2D eigenvalue weighted by Crippen LogP contribution is -2.47. The fourth-order valence-corrected chi connectivity index (χ4v) is 3.90. The maximum atomic E-state index is 12.6. The van der Waals surface area contributed by atoms with Gasteiger partial charge in [0.25, 0.3) is 17.5 Å². The third-order valence-electron chi connectivity index (χ3n) is 5.49. The van der Waals surface area contributed by atoms with Crippen molar-refractivity contribution in [2.75, 3.05) is 44.2 Å². The first kappa shape index (κ1) is 19.9. The molecule has 1 fully saturated rings. The van der Waals surface area contributed by atoms with Crippen molar-refractivity contribution < 1.29 is 14.5 Å². The molecule has 10 nitrogen and oxygen atoms in total. The van der Waals surface area contributed by atoms with Crippen LogP contribution in [0.1, 0.15) is 33.6 Å². The average molecular weight is 410 g/mol. The number of carbonyl (C=O) groups is 2. The summed E-state index contributed by atoms with van der Waals surface area (Å²) in [6, 6.07) is 5.96. The molecule has 0 spiro atoms. The summed E-state index contributed by atoms with van der Waals surface area (Å²) in [6.07, 6.45) is 4.96. The van der Waals surface area contributed by atoms with Crippen molar-refractivity contribution in [1.29, 1.82) is 0 Å². The molecule has 0 bridgehead atoms. The fraction of sp³-hybridized carbons (Fsp3) is 0.400. The van der Waals surface area contributed by atoms with Crippen LogP contribution in [0.2, 0.25) is 0 Å². The van der Waals surface area contributed by atoms with Crippen molar-refractivity contribution in [2.45, 2.75) is 12.8 Å². The number of hydrogen-bond acceptors (Lipinski definition) is 8. The molecule has 0 aliphatic carbocycles. The van der Waals surface area contributed by atoms with Crippen molar-refractivity contribution in [3.8, 4) is 0 Å². The molecule has 0 radical (unpaired) electrons. The predicted molar refractivity (Wildman–Crippen MR) is 108 cm³/mol. The Morgan fingerprint density at radius 3 is 2.33 bits per heavy atom. The molecule has 2 aliphatic heterocycles. The van der Waals surface area contributed by atoms with Gasteiger partial charge in [0.1, 0.15) is 5.56 Å². The van der Waals surface area contributed by atoms with Crippen LogP contribution < -0.4 is 4.90 Å². The number of imide groups is 1. The Morgan fingerprint density at radius 2 is 1.63 bits per heavy atom. The van der Waals surface area contributed by atoms with Crippen LogP contribution in [0, 0.1) is 10.1 Å². The number of unbranched alkanes of at least 4 members (excludes halogenated alkanes) is 1. The van der Waals surface area contributed by atoms with E-state index < -0.39 is 16.7 Å². The van der Waals surface area contributed by atoms with Crippen LogP contribution in [0.4, 0.5) is 11.6 Å². The summed E-state index contributed by atoms with van der Waals surface area (Å²) >= 11 is 0. The molecule has 0 N–H and O–H groups in total. The monoisotopic (exact) mass is 410 g/mol. The number of carbonyl (C=O) groups excluding carboxylic acids is 2. The van der Waals surface area contributed by atoms with E-state index in [1.807, 2.05) is 0 Å². The van der Waals surface area contributed by atoms with Crippen molar-refractivity contribution in [3.63, 3.8) is 0 Å². The largest absolute Gasteiger partial charge is 0.338 e. The second-order valence-corrected chi connectivity index (χ2v) is 7.30. The van der Waals surface area contributed by atoms with E-state index in [2.05, 4.69) is 19.8 Å². The lowest BCUT2D eigenvalue weighted by molar-refractivity contribution is -0.385. The van der Waals surface area contributed by atoms with Crippen molar-refractivity contribution in [1.82, 2.24) is 19.8 Å². The van der Waals surface area contributed by atoms with Gasteiger partial charge in [0.05, 0.1) is 10.5 Å². The van der Waals surface area contributed by atoms with E-state index in [0.717, 1.165) is 50.0 Å². The quantitative estimate of drug-likeness (QED) is 0.293. The van der Waals surface area contributed by atoms with E-state index in [1.165, 1.54) is 18.2 Å². The number of aromatic nitrogens is 2. The number of amides is 2. The first-order chi connectivity index (χ1) is 14.6. The molecule has 4 rings (SSSR count). The summed E-state index contributed by atoms with van der Waals surface area (Å²) < 4.78 is 0. The zero-order valence-corrected chi connectivity index (χ0v) is 16.4. The molecule has 1 saturated heterocycles. The maximum absolute atomic E-state index is 12.6. The van der Waals surface area contributed by atoms with Crippen LogP contribution in [0.3, 0.4) is 0 Å². The second-order valence-electron chi connectivity index (χ2n) is 7.30. The van der Waals surface area contributed by atoms with Crippen LogP contribution in [0.25, 0.3) is 0 Å². The summed E-state index contributed by atoms with van der Waals surface area (Å²) in [4.78, 5) is 49.8. The van der Waals surface area contributed by atoms with Gasteiger partial charge in [0, 0.05) is 51.2 Å². The number of rotatable bonds is 7. The highest BCUT2D eigenvalue weighted by molar-refractivity contribution is 6.23. The van der Waals surface area contributed by atoms with Gasteiger partial charge < -0.3 is 4.90 Å². The van der Waals surface area contributed by atoms with Crippen molar-refractivity contribution in [2.24, 2.45) is 0 Å². The topological polar surface area (TPSA) is 113 Å². The van der Waals surface area contributed by atoms with Gasteiger partial charge in [-0.2, -0.15) is 0 Å². The molecule has 0 saturated carbocycles. The lowest BCUT2D eigenvalue weighted by Gasteiger charge is -2.34. The number of anilines is 1. The smallest absolute Gasteiger partial charge is 0.282 e. The number of fused-ring (bicyclic) bond motifs is 1. The molecule has 156 valence electrons. The first-order valence-corrected chi connectivity index (χ1v) is 9.94. The third-order valence-corrected chi connectivity index (χ3v) is 5.49. The van der Waals surface area contributed by atoms with E-state index in [0.29, 0.717) is 6.42 Å². The Labute approximate surface area is 173 Å². The highest BCUT2D eigenvalue weighted by Gasteiger charge is 2.40. The molecule has 2 aliphatic rings. The average Bonchev–Trinajstić information content (AvgIpc) is 3.02. The predicted octanol–water partition coefficient (Wildman–Crippen LogP) is 1.58. The van der Waals surface area contributed by atoms with E-state index in [9.17, 15) is 19.7 Å². The Bertz CT molecular complexity index is 959. The number of benzene rings is 1. The van der Waals surface area contributed by atoms with Gasteiger partial charge >= 0.3 is 0 Å². The molecular weight excluding hydrogens is 388 g/mol. The zero-order chi connectivity index (χ0) is 21.1. The van der Waals surface area contributed by atoms with Crippen LogP contribution in [0.5, 0.6) is 0 Å². The number of nitrogens with zero attached hydrogens (tertiary/aromatic N) is 6. The Morgan fingerprint density at radius 1 is 0.933 bits per heavy atom. The maximum Gasteiger partial charge on any atom is 0.282 e. The third kappa shape index (κ3) is 3.86. The van der Waals surface area contributed by atoms with Crippen LogP contribution in [-0.4, -0.2) is 75.8 Å². The number of piperazine rings is 1. The van der Waals surface area contributed by atoms with E-state index in [1.54, 1.807) is 18.5 Å². The molecule has 1 aromatic carbocycles. The molecule has 10 heteroatoms. The van der Waals surface area contributed by atoms with Gasteiger partial charge in [-0.15, -0.1) is 0 Å². The molecule has 2 aromatic rings. The second kappa shape index (κ2) is 8.54. The van der Waals surface area contributed by atoms with Crippen molar-refractivity contribution in [3.05, 3.63) is 57.9 Å². The van der Waals surface area contributed by atoms with Gasteiger partial charge in [-0.1, -0.05) is 6.07 Å².